The first-order valence-electron chi connectivity index (χ1n) is 7.25. The number of piperazine rings is 1. The maximum absolute atomic E-state index is 3.71. The molecular weight excluding hydrogens is 244 g/mol. The lowest BCUT2D eigenvalue weighted by atomic mass is 9.86. The Balaban J connectivity index is 1.81. The maximum Gasteiger partial charge on any atom is 0.0555 e. The predicted molar refractivity (Wildman–Crippen MR) is 83.6 cm³/mol. The van der Waals surface area contributed by atoms with E-state index in [0.717, 1.165) is 13.1 Å². The molecule has 0 aromatic heterocycles. The lowest BCUT2D eigenvalue weighted by Gasteiger charge is -2.46. The van der Waals surface area contributed by atoms with E-state index in [9.17, 15) is 0 Å². The van der Waals surface area contributed by atoms with Gasteiger partial charge in [0.05, 0.1) is 5.54 Å². The van der Waals surface area contributed by atoms with E-state index in [1.807, 2.05) is 0 Å². The van der Waals surface area contributed by atoms with E-state index < -0.39 is 0 Å². The van der Waals surface area contributed by atoms with Crippen LogP contribution in [0.1, 0.15) is 24.1 Å². The van der Waals surface area contributed by atoms with Gasteiger partial charge in [-0.3, -0.25) is 4.90 Å². The van der Waals surface area contributed by atoms with Crippen LogP contribution in [0.3, 0.4) is 0 Å². The molecule has 2 nitrogen and oxygen atoms in total. The van der Waals surface area contributed by atoms with Crippen LogP contribution in [0.5, 0.6) is 0 Å². The Bertz CT molecular complexity index is 552. The predicted octanol–water partition coefficient (Wildman–Crippen LogP) is 3.18. The quantitative estimate of drug-likeness (QED) is 0.898. The topological polar surface area (TPSA) is 15.3 Å². The van der Waals surface area contributed by atoms with E-state index in [4.69, 9.17) is 0 Å². The van der Waals surface area contributed by atoms with E-state index in [1.54, 1.807) is 0 Å². The number of hydrogen-bond donors (Lipinski definition) is 1. The van der Waals surface area contributed by atoms with Gasteiger partial charge in [0.25, 0.3) is 0 Å². The molecule has 2 aromatic rings. The number of likely N-dealkylation sites (N-methyl/N-ethyl adjacent to an activating group) is 1. The first-order valence-corrected chi connectivity index (χ1v) is 7.25. The van der Waals surface area contributed by atoms with Crippen molar-refractivity contribution < 1.29 is 0 Å². The molecule has 1 heterocycles. The largest absolute Gasteiger partial charge is 0.307 e. The van der Waals surface area contributed by atoms with Crippen LogP contribution in [0, 0.1) is 0 Å². The fourth-order valence-electron chi connectivity index (χ4n) is 3.03. The van der Waals surface area contributed by atoms with Gasteiger partial charge in [-0.2, -0.15) is 0 Å². The van der Waals surface area contributed by atoms with Gasteiger partial charge in [-0.05, 0) is 25.1 Å². The molecule has 2 atom stereocenters. The highest BCUT2D eigenvalue weighted by Crippen LogP contribution is 2.32. The Morgan fingerprint density at radius 2 is 1.60 bits per heavy atom. The van der Waals surface area contributed by atoms with E-state index in [-0.39, 0.29) is 5.54 Å². The molecule has 0 aliphatic carbocycles. The summed E-state index contributed by atoms with van der Waals surface area (Å²) >= 11 is 0. The van der Waals surface area contributed by atoms with Gasteiger partial charge >= 0.3 is 0 Å². The molecule has 1 aliphatic heterocycles. The molecule has 1 saturated heterocycles. The molecule has 1 fully saturated rings. The van der Waals surface area contributed by atoms with Gasteiger partial charge in [0.2, 0.25) is 0 Å². The van der Waals surface area contributed by atoms with Crippen molar-refractivity contribution in [1.82, 2.24) is 10.2 Å². The summed E-state index contributed by atoms with van der Waals surface area (Å²) in [4.78, 5) is 2.47. The molecule has 0 saturated carbocycles. The third-order valence-corrected chi connectivity index (χ3v) is 4.59. The molecule has 2 unspecified atom stereocenters. The molecule has 20 heavy (non-hydrogen) atoms. The first kappa shape index (κ1) is 13.3. The molecule has 0 spiro atoms. The van der Waals surface area contributed by atoms with Gasteiger partial charge in [0, 0.05) is 19.1 Å². The maximum atomic E-state index is 3.71. The van der Waals surface area contributed by atoms with Crippen molar-refractivity contribution in [2.45, 2.75) is 18.5 Å². The van der Waals surface area contributed by atoms with Gasteiger partial charge in [-0.25, -0.2) is 0 Å². The zero-order chi connectivity index (χ0) is 14.0. The van der Waals surface area contributed by atoms with Crippen molar-refractivity contribution in [3.8, 4) is 0 Å². The Morgan fingerprint density at radius 1 is 1.00 bits per heavy atom. The zero-order valence-corrected chi connectivity index (χ0v) is 12.2. The lowest BCUT2D eigenvalue weighted by Crippen LogP contribution is -2.56. The van der Waals surface area contributed by atoms with Gasteiger partial charge in [0.1, 0.15) is 0 Å². The number of benzene rings is 2. The van der Waals surface area contributed by atoms with E-state index >= 15 is 0 Å². The average molecular weight is 266 g/mol. The summed E-state index contributed by atoms with van der Waals surface area (Å²) in [5.41, 5.74) is 2.81. The van der Waals surface area contributed by atoms with Crippen LogP contribution in [0.2, 0.25) is 0 Å². The Labute approximate surface area is 121 Å². The monoisotopic (exact) mass is 266 g/mol. The van der Waals surface area contributed by atoms with Crippen LogP contribution in [0.25, 0.3) is 0 Å². The molecule has 0 radical (unpaired) electrons. The van der Waals surface area contributed by atoms with Gasteiger partial charge in [-0.15, -0.1) is 0 Å². The minimum atomic E-state index is 0.0620. The molecule has 0 bridgehead atoms. The van der Waals surface area contributed by atoms with E-state index in [1.165, 1.54) is 11.1 Å². The standard InChI is InChI=1S/C18H22N2/c1-18(16-11-7-4-8-12-16)14-19-17(13-20(18)2)15-9-5-3-6-10-15/h3-12,17,19H,13-14H2,1-2H3. The molecule has 2 heteroatoms. The zero-order valence-electron chi connectivity index (χ0n) is 12.2. The number of nitrogens with zero attached hydrogens (tertiary/aromatic N) is 1. The molecule has 104 valence electrons. The average Bonchev–Trinajstić information content (AvgIpc) is 2.52. The Hall–Kier alpha value is -1.64. The van der Waals surface area contributed by atoms with Crippen LogP contribution < -0.4 is 5.32 Å². The third kappa shape index (κ3) is 2.37. The van der Waals surface area contributed by atoms with Crippen molar-refractivity contribution in [1.29, 1.82) is 0 Å². The summed E-state index contributed by atoms with van der Waals surface area (Å²) in [5.74, 6) is 0. The molecule has 3 rings (SSSR count). The summed E-state index contributed by atoms with van der Waals surface area (Å²) in [6, 6.07) is 21.9. The highest BCUT2D eigenvalue weighted by Gasteiger charge is 2.37. The highest BCUT2D eigenvalue weighted by atomic mass is 15.2. The summed E-state index contributed by atoms with van der Waals surface area (Å²) in [7, 11) is 2.23. The molecular formula is C18H22N2. The van der Waals surface area contributed by atoms with Crippen LogP contribution >= 0.6 is 0 Å². The van der Waals surface area contributed by atoms with E-state index in [0.29, 0.717) is 6.04 Å². The van der Waals surface area contributed by atoms with Crippen molar-refractivity contribution in [3.63, 3.8) is 0 Å². The Kier molecular flexibility index (Phi) is 3.60. The van der Waals surface area contributed by atoms with Crippen molar-refractivity contribution in [3.05, 3.63) is 71.8 Å². The fraction of sp³-hybridized carbons (Fsp3) is 0.333. The summed E-state index contributed by atoms with van der Waals surface area (Å²) in [6.45, 7) is 4.30. The van der Waals surface area contributed by atoms with Crippen LogP contribution in [0.15, 0.2) is 60.7 Å². The molecule has 0 amide bonds. The first-order chi connectivity index (χ1) is 9.70. The second kappa shape index (κ2) is 5.39. The summed E-state index contributed by atoms with van der Waals surface area (Å²) < 4.78 is 0. The smallest absolute Gasteiger partial charge is 0.0555 e. The van der Waals surface area contributed by atoms with Gasteiger partial charge in [-0.1, -0.05) is 60.7 Å². The minimum Gasteiger partial charge on any atom is -0.307 e. The van der Waals surface area contributed by atoms with Crippen molar-refractivity contribution in [2.75, 3.05) is 20.1 Å². The highest BCUT2D eigenvalue weighted by molar-refractivity contribution is 5.27. The van der Waals surface area contributed by atoms with Gasteiger partial charge in [0.15, 0.2) is 0 Å². The SMILES string of the molecule is CN1CC(c2ccccc2)NCC1(C)c1ccccc1. The lowest BCUT2D eigenvalue weighted by molar-refractivity contribution is 0.0771. The van der Waals surface area contributed by atoms with E-state index in [2.05, 4.69) is 84.9 Å². The van der Waals surface area contributed by atoms with Crippen LogP contribution in [0.4, 0.5) is 0 Å². The Morgan fingerprint density at radius 3 is 2.20 bits per heavy atom. The number of hydrogen-bond acceptors (Lipinski definition) is 2. The normalized spacial score (nSPS) is 27.4. The second-order valence-corrected chi connectivity index (χ2v) is 5.86. The number of rotatable bonds is 2. The van der Waals surface area contributed by atoms with Gasteiger partial charge < -0.3 is 5.32 Å². The number of nitrogens with one attached hydrogen (secondary N) is 1. The molecule has 1 aliphatic rings. The molecule has 1 N–H and O–H groups in total. The fourth-order valence-corrected chi connectivity index (χ4v) is 3.03. The second-order valence-electron chi connectivity index (χ2n) is 5.86. The minimum absolute atomic E-state index is 0.0620. The summed E-state index contributed by atoms with van der Waals surface area (Å²) in [5, 5.41) is 3.71. The van der Waals surface area contributed by atoms with Crippen LogP contribution in [-0.2, 0) is 5.54 Å². The molecule has 2 aromatic carbocycles. The van der Waals surface area contributed by atoms with Crippen LogP contribution in [-0.4, -0.2) is 25.0 Å². The third-order valence-electron chi connectivity index (χ3n) is 4.59. The van der Waals surface area contributed by atoms with Crippen molar-refractivity contribution in [2.24, 2.45) is 0 Å². The van der Waals surface area contributed by atoms with Crippen molar-refractivity contribution >= 4 is 0 Å². The summed E-state index contributed by atoms with van der Waals surface area (Å²) in [6.07, 6.45) is 0.